The molecule has 0 radical (unpaired) electrons. The zero-order chi connectivity index (χ0) is 26.7. The van der Waals surface area contributed by atoms with Crippen LogP contribution >= 0.6 is 0 Å². The second-order valence-electron chi connectivity index (χ2n) is 11.2. The van der Waals surface area contributed by atoms with Crippen LogP contribution in [0.15, 0.2) is 42.6 Å². The van der Waals surface area contributed by atoms with Crippen LogP contribution in [0.5, 0.6) is 0 Å². The van der Waals surface area contributed by atoms with Crippen LogP contribution in [-0.4, -0.2) is 48.6 Å². The molecule has 0 bridgehead atoms. The van der Waals surface area contributed by atoms with Gasteiger partial charge in [0.15, 0.2) is 21.4 Å². The minimum atomic E-state index is -3.27. The van der Waals surface area contributed by atoms with Crippen molar-refractivity contribution in [2.45, 2.75) is 56.5 Å². The van der Waals surface area contributed by atoms with Gasteiger partial charge in [-0.3, -0.25) is 4.98 Å². The number of benzene rings is 1. The lowest BCUT2D eigenvalue weighted by Gasteiger charge is -2.54. The number of fused-ring (bicyclic) bond motifs is 3. The molecule has 7 nitrogen and oxygen atoms in total. The molecule has 9 heteroatoms. The van der Waals surface area contributed by atoms with Crippen molar-refractivity contribution >= 4 is 9.84 Å². The molecule has 1 aliphatic heterocycles. The molecule has 0 unspecified atom stereocenters. The first-order valence-corrected chi connectivity index (χ1v) is 15.2. The van der Waals surface area contributed by atoms with E-state index in [-0.39, 0.29) is 28.8 Å². The SMILES string of the molecule is C[C@@H]1[C@H]2CCc3c(-c4ccccc4F)nc(-c4ccnc(CS(C)(=O)=O)c4)nc3[C@]2(C)CCC12OCCO2. The number of sulfone groups is 1. The van der Waals surface area contributed by atoms with E-state index in [0.717, 1.165) is 36.9 Å². The molecule has 0 N–H and O–H groups in total. The Bertz CT molecular complexity index is 1510. The average Bonchev–Trinajstić information content (AvgIpc) is 3.36. The van der Waals surface area contributed by atoms with Crippen LogP contribution in [0.1, 0.15) is 50.1 Å². The third-order valence-corrected chi connectivity index (χ3v) is 9.57. The third kappa shape index (κ3) is 4.25. The minimum absolute atomic E-state index is 0.175. The predicted octanol–water partition coefficient (Wildman–Crippen LogP) is 4.88. The molecule has 2 aliphatic carbocycles. The number of halogens is 1. The van der Waals surface area contributed by atoms with E-state index in [1.807, 2.05) is 6.07 Å². The van der Waals surface area contributed by atoms with Crippen LogP contribution < -0.4 is 0 Å². The van der Waals surface area contributed by atoms with Gasteiger partial charge < -0.3 is 9.47 Å². The highest BCUT2D eigenvalue weighted by atomic mass is 32.2. The molecule has 6 rings (SSSR count). The highest BCUT2D eigenvalue weighted by molar-refractivity contribution is 7.89. The smallest absolute Gasteiger partial charge is 0.171 e. The lowest BCUT2D eigenvalue weighted by molar-refractivity contribution is -0.234. The van der Waals surface area contributed by atoms with E-state index >= 15 is 4.39 Å². The van der Waals surface area contributed by atoms with Crippen molar-refractivity contribution in [1.82, 2.24) is 15.0 Å². The van der Waals surface area contributed by atoms with Crippen molar-refractivity contribution in [3.63, 3.8) is 0 Å². The van der Waals surface area contributed by atoms with Crippen LogP contribution in [0.4, 0.5) is 4.39 Å². The van der Waals surface area contributed by atoms with Gasteiger partial charge in [0.25, 0.3) is 0 Å². The van der Waals surface area contributed by atoms with Crippen LogP contribution in [-0.2, 0) is 36.9 Å². The van der Waals surface area contributed by atoms with E-state index in [1.54, 1.807) is 30.5 Å². The van der Waals surface area contributed by atoms with Gasteiger partial charge in [-0.05, 0) is 49.4 Å². The first-order chi connectivity index (χ1) is 18.1. The van der Waals surface area contributed by atoms with E-state index in [2.05, 4.69) is 18.8 Å². The van der Waals surface area contributed by atoms with Gasteiger partial charge in [0.2, 0.25) is 0 Å². The van der Waals surface area contributed by atoms with E-state index < -0.39 is 15.6 Å². The Kier molecular flexibility index (Phi) is 6.16. The fourth-order valence-corrected chi connectivity index (χ4v) is 7.60. The van der Waals surface area contributed by atoms with E-state index in [9.17, 15) is 8.42 Å². The molecule has 1 saturated carbocycles. The third-order valence-electron chi connectivity index (χ3n) is 8.75. The number of aromatic nitrogens is 3. The summed E-state index contributed by atoms with van der Waals surface area (Å²) in [5.74, 6) is -0.154. The van der Waals surface area contributed by atoms with Crippen molar-refractivity contribution in [3.05, 3.63) is 65.4 Å². The lowest BCUT2D eigenvalue weighted by atomic mass is 9.54. The van der Waals surface area contributed by atoms with Gasteiger partial charge in [-0.2, -0.15) is 0 Å². The summed E-state index contributed by atoms with van der Waals surface area (Å²) >= 11 is 0. The number of hydrogen-bond acceptors (Lipinski definition) is 7. The summed E-state index contributed by atoms with van der Waals surface area (Å²) in [6, 6.07) is 10.2. The molecule has 3 heterocycles. The van der Waals surface area contributed by atoms with Gasteiger partial charge in [0.1, 0.15) is 5.82 Å². The average molecular weight is 538 g/mol. The number of ether oxygens (including phenoxy) is 2. The highest BCUT2D eigenvalue weighted by Crippen LogP contribution is 2.57. The Morgan fingerprint density at radius 3 is 2.61 bits per heavy atom. The quantitative estimate of drug-likeness (QED) is 0.468. The molecular weight excluding hydrogens is 505 g/mol. The predicted molar refractivity (Wildman–Crippen MR) is 141 cm³/mol. The Balaban J connectivity index is 1.52. The molecule has 3 atom stereocenters. The maximum Gasteiger partial charge on any atom is 0.171 e. The molecule has 1 aromatic carbocycles. The number of nitrogens with zero attached hydrogens (tertiary/aromatic N) is 3. The first kappa shape index (κ1) is 25.5. The molecule has 3 aliphatic rings. The normalized spacial score (nSPS) is 26.2. The van der Waals surface area contributed by atoms with Gasteiger partial charge in [-0.1, -0.05) is 26.0 Å². The van der Waals surface area contributed by atoms with Gasteiger partial charge in [0.05, 0.1) is 36.0 Å². The topological polar surface area (TPSA) is 91.3 Å². The fraction of sp³-hybridized carbons (Fsp3) is 0.483. The lowest BCUT2D eigenvalue weighted by Crippen LogP contribution is -2.55. The number of rotatable bonds is 4. The van der Waals surface area contributed by atoms with Crippen molar-refractivity contribution in [2.24, 2.45) is 11.8 Å². The van der Waals surface area contributed by atoms with Crippen LogP contribution in [0.25, 0.3) is 22.6 Å². The fourth-order valence-electron chi connectivity index (χ4n) is 6.91. The first-order valence-electron chi connectivity index (χ1n) is 13.2. The molecule has 38 heavy (non-hydrogen) atoms. The minimum Gasteiger partial charge on any atom is -0.347 e. The molecule has 0 amide bonds. The molecule has 1 spiro atoms. The summed E-state index contributed by atoms with van der Waals surface area (Å²) in [4.78, 5) is 14.3. The second kappa shape index (κ2) is 9.17. The van der Waals surface area contributed by atoms with Crippen LogP contribution in [0.3, 0.4) is 0 Å². The summed E-state index contributed by atoms with van der Waals surface area (Å²) in [6.07, 6.45) is 6.00. The zero-order valence-electron chi connectivity index (χ0n) is 21.9. The van der Waals surface area contributed by atoms with Crippen LogP contribution in [0.2, 0.25) is 0 Å². The summed E-state index contributed by atoms with van der Waals surface area (Å²) in [5.41, 5.74) is 3.79. The van der Waals surface area contributed by atoms with Gasteiger partial charge >= 0.3 is 0 Å². The number of hydrogen-bond donors (Lipinski definition) is 0. The van der Waals surface area contributed by atoms with Crippen LogP contribution in [0, 0.1) is 17.7 Å². The van der Waals surface area contributed by atoms with Gasteiger partial charge in [-0.15, -0.1) is 0 Å². The van der Waals surface area contributed by atoms with Crippen molar-refractivity contribution in [1.29, 1.82) is 0 Å². The summed E-state index contributed by atoms with van der Waals surface area (Å²) < 4.78 is 51.3. The van der Waals surface area contributed by atoms with Crippen molar-refractivity contribution < 1.29 is 22.3 Å². The summed E-state index contributed by atoms with van der Waals surface area (Å²) in [5, 5.41) is 0. The van der Waals surface area contributed by atoms with E-state index in [1.165, 1.54) is 12.3 Å². The number of pyridine rings is 1. The van der Waals surface area contributed by atoms with Gasteiger partial charge in [-0.25, -0.2) is 22.8 Å². The van der Waals surface area contributed by atoms with Gasteiger partial charge in [0, 0.05) is 46.9 Å². The largest absolute Gasteiger partial charge is 0.347 e. The summed E-state index contributed by atoms with van der Waals surface area (Å²) in [6.45, 7) is 5.72. The maximum absolute atomic E-state index is 15.2. The monoisotopic (exact) mass is 537 g/mol. The molecule has 2 fully saturated rings. The molecular formula is C29H32FN3O4S. The Labute approximate surface area is 222 Å². The second-order valence-corrected chi connectivity index (χ2v) is 13.3. The summed E-state index contributed by atoms with van der Waals surface area (Å²) in [7, 11) is -3.27. The Morgan fingerprint density at radius 1 is 1.11 bits per heavy atom. The zero-order valence-corrected chi connectivity index (χ0v) is 22.7. The van der Waals surface area contributed by atoms with E-state index in [4.69, 9.17) is 19.4 Å². The molecule has 1 saturated heterocycles. The molecule has 200 valence electrons. The standard InChI is InChI=1S/C29H32FN3O4S/c1-18-23-9-8-22-25(21-6-4-5-7-24(21)30)32-27(19-10-13-31-20(16-19)17-38(3,34)35)33-26(22)28(23,2)11-12-29(18)36-14-15-37-29/h4-7,10,13,16,18,23H,8-9,11-12,14-15,17H2,1-3H3/t18-,23-,28-/m1/s1. The maximum atomic E-state index is 15.2. The van der Waals surface area contributed by atoms with E-state index in [0.29, 0.717) is 41.6 Å². The molecule has 2 aromatic heterocycles. The Hall–Kier alpha value is -2.75. The highest BCUT2D eigenvalue weighted by Gasteiger charge is 2.57. The molecule has 3 aromatic rings. The Morgan fingerprint density at radius 2 is 1.87 bits per heavy atom. The van der Waals surface area contributed by atoms with Crippen molar-refractivity contribution in [3.8, 4) is 22.6 Å². The van der Waals surface area contributed by atoms with Crippen molar-refractivity contribution in [2.75, 3.05) is 19.5 Å².